The van der Waals surface area contributed by atoms with Gasteiger partial charge in [0.25, 0.3) is 0 Å². The van der Waals surface area contributed by atoms with Crippen LogP contribution in [0, 0.1) is 11.3 Å². The van der Waals surface area contributed by atoms with Crippen LogP contribution in [0.4, 0.5) is 5.69 Å². The highest BCUT2D eigenvalue weighted by Crippen LogP contribution is 2.19. The molecule has 5 heteroatoms. The number of nitriles is 1. The van der Waals surface area contributed by atoms with Crippen LogP contribution in [0.1, 0.15) is 21.5 Å². The molecule has 1 aliphatic rings. The third-order valence-electron chi connectivity index (χ3n) is 4.29. The number of anilines is 1. The molecular weight excluding hydrogens is 302 g/mol. The van der Waals surface area contributed by atoms with Crippen molar-refractivity contribution in [1.29, 1.82) is 5.26 Å². The summed E-state index contributed by atoms with van der Waals surface area (Å²) in [6, 6.07) is 17.0. The molecule has 0 amide bonds. The van der Waals surface area contributed by atoms with Gasteiger partial charge in [-0.3, -0.25) is 4.90 Å². The summed E-state index contributed by atoms with van der Waals surface area (Å²) < 4.78 is 0. The predicted molar refractivity (Wildman–Crippen MR) is 92.0 cm³/mol. The maximum absolute atomic E-state index is 11.1. The van der Waals surface area contributed by atoms with E-state index in [1.165, 1.54) is 0 Å². The number of hydrogen-bond acceptors (Lipinski definition) is 4. The van der Waals surface area contributed by atoms with Crippen LogP contribution in [-0.2, 0) is 6.54 Å². The zero-order chi connectivity index (χ0) is 16.9. The number of piperazine rings is 1. The number of aromatic carboxylic acids is 1. The van der Waals surface area contributed by atoms with Crippen LogP contribution >= 0.6 is 0 Å². The molecule has 5 nitrogen and oxygen atoms in total. The fourth-order valence-electron chi connectivity index (χ4n) is 3.00. The molecule has 0 radical (unpaired) electrons. The van der Waals surface area contributed by atoms with Crippen LogP contribution < -0.4 is 4.90 Å². The van der Waals surface area contributed by atoms with Crippen molar-refractivity contribution in [2.45, 2.75) is 6.54 Å². The molecule has 2 aromatic rings. The number of carboxylic acids is 1. The summed E-state index contributed by atoms with van der Waals surface area (Å²) in [7, 11) is 0. The predicted octanol–water partition coefficient (Wildman–Crippen LogP) is 2.58. The third kappa shape index (κ3) is 3.73. The molecular formula is C19H19N3O2. The molecule has 0 aromatic heterocycles. The summed E-state index contributed by atoms with van der Waals surface area (Å²) in [4.78, 5) is 15.7. The molecule has 1 saturated heterocycles. The van der Waals surface area contributed by atoms with E-state index in [-0.39, 0.29) is 0 Å². The average molecular weight is 321 g/mol. The van der Waals surface area contributed by atoms with Crippen molar-refractivity contribution in [2.24, 2.45) is 0 Å². The van der Waals surface area contributed by atoms with Gasteiger partial charge < -0.3 is 10.0 Å². The van der Waals surface area contributed by atoms with E-state index in [1.807, 2.05) is 30.3 Å². The lowest BCUT2D eigenvalue weighted by Crippen LogP contribution is -2.46. The van der Waals surface area contributed by atoms with Crippen molar-refractivity contribution in [3.05, 3.63) is 65.2 Å². The first-order chi connectivity index (χ1) is 11.7. The zero-order valence-electron chi connectivity index (χ0n) is 13.4. The Balaban J connectivity index is 1.60. The second-order valence-electron chi connectivity index (χ2n) is 5.93. The maximum atomic E-state index is 11.1. The second-order valence-corrected chi connectivity index (χ2v) is 5.93. The van der Waals surface area contributed by atoms with Crippen molar-refractivity contribution in [3.8, 4) is 6.07 Å². The number of nitrogens with zero attached hydrogens (tertiary/aromatic N) is 3. The normalized spacial score (nSPS) is 15.0. The Morgan fingerprint density at radius 3 is 2.54 bits per heavy atom. The minimum absolute atomic E-state index is 0.333. The first kappa shape index (κ1) is 16.0. The number of carbonyl (C=O) groups is 1. The molecule has 0 atom stereocenters. The highest BCUT2D eigenvalue weighted by atomic mass is 16.4. The lowest BCUT2D eigenvalue weighted by molar-refractivity contribution is 0.0696. The molecule has 1 aliphatic heterocycles. The molecule has 0 aliphatic carbocycles. The van der Waals surface area contributed by atoms with Crippen molar-refractivity contribution in [2.75, 3.05) is 31.1 Å². The third-order valence-corrected chi connectivity index (χ3v) is 4.29. The maximum Gasteiger partial charge on any atom is 0.335 e. The second kappa shape index (κ2) is 7.16. The van der Waals surface area contributed by atoms with Crippen LogP contribution in [0.15, 0.2) is 48.5 Å². The van der Waals surface area contributed by atoms with Gasteiger partial charge in [-0.1, -0.05) is 18.2 Å². The smallest absolute Gasteiger partial charge is 0.335 e. The zero-order valence-corrected chi connectivity index (χ0v) is 13.4. The molecule has 24 heavy (non-hydrogen) atoms. The van der Waals surface area contributed by atoms with Gasteiger partial charge in [-0.2, -0.15) is 5.26 Å². The van der Waals surface area contributed by atoms with E-state index < -0.39 is 5.97 Å². The molecule has 0 unspecified atom stereocenters. The first-order valence-electron chi connectivity index (χ1n) is 7.95. The highest BCUT2D eigenvalue weighted by Gasteiger charge is 2.18. The van der Waals surface area contributed by atoms with E-state index in [1.54, 1.807) is 18.2 Å². The average Bonchev–Trinajstić information content (AvgIpc) is 2.62. The lowest BCUT2D eigenvalue weighted by Gasteiger charge is -2.36. The van der Waals surface area contributed by atoms with Crippen LogP contribution in [0.5, 0.6) is 0 Å². The lowest BCUT2D eigenvalue weighted by atomic mass is 10.1. The van der Waals surface area contributed by atoms with Crippen LogP contribution in [0.3, 0.4) is 0 Å². The van der Waals surface area contributed by atoms with Gasteiger partial charge in [-0.15, -0.1) is 0 Å². The van der Waals surface area contributed by atoms with E-state index in [0.717, 1.165) is 44.0 Å². The van der Waals surface area contributed by atoms with Gasteiger partial charge in [0, 0.05) is 38.4 Å². The first-order valence-corrected chi connectivity index (χ1v) is 7.95. The summed E-state index contributed by atoms with van der Waals surface area (Å²) in [6.07, 6.45) is 0. The summed E-state index contributed by atoms with van der Waals surface area (Å²) in [5.74, 6) is -0.890. The standard InChI is InChI=1S/C19H19N3O2/c20-13-15-3-2-6-18(12-15)22-9-7-21(8-10-22)14-16-4-1-5-17(11-16)19(23)24/h1-6,11-12H,7-10,14H2,(H,23,24). The number of rotatable bonds is 4. The summed E-state index contributed by atoms with van der Waals surface area (Å²) in [5.41, 5.74) is 3.12. The number of benzene rings is 2. The summed E-state index contributed by atoms with van der Waals surface area (Å²) in [6.45, 7) is 4.37. The van der Waals surface area contributed by atoms with Gasteiger partial charge in [-0.05, 0) is 35.9 Å². The van der Waals surface area contributed by atoms with Gasteiger partial charge in [0.1, 0.15) is 0 Å². The van der Waals surface area contributed by atoms with E-state index in [0.29, 0.717) is 11.1 Å². The fourth-order valence-corrected chi connectivity index (χ4v) is 3.00. The Morgan fingerprint density at radius 2 is 1.83 bits per heavy atom. The van der Waals surface area contributed by atoms with Gasteiger partial charge in [0.2, 0.25) is 0 Å². The molecule has 1 N–H and O–H groups in total. The number of carboxylic acid groups (broad SMARTS) is 1. The van der Waals surface area contributed by atoms with Crippen molar-refractivity contribution in [1.82, 2.24) is 4.90 Å². The van der Waals surface area contributed by atoms with Crippen molar-refractivity contribution in [3.63, 3.8) is 0 Å². The van der Waals surface area contributed by atoms with Crippen molar-refractivity contribution < 1.29 is 9.90 Å². The van der Waals surface area contributed by atoms with Gasteiger partial charge >= 0.3 is 5.97 Å². The van der Waals surface area contributed by atoms with Crippen molar-refractivity contribution >= 4 is 11.7 Å². The molecule has 1 fully saturated rings. The summed E-state index contributed by atoms with van der Waals surface area (Å²) >= 11 is 0. The molecule has 122 valence electrons. The highest BCUT2D eigenvalue weighted by molar-refractivity contribution is 5.87. The molecule has 2 aromatic carbocycles. The molecule has 0 saturated carbocycles. The monoisotopic (exact) mass is 321 g/mol. The van der Waals surface area contributed by atoms with E-state index in [9.17, 15) is 4.79 Å². The Morgan fingerprint density at radius 1 is 1.08 bits per heavy atom. The Labute approximate surface area is 141 Å². The van der Waals surface area contributed by atoms with E-state index in [4.69, 9.17) is 10.4 Å². The molecule has 3 rings (SSSR count). The topological polar surface area (TPSA) is 67.6 Å². The van der Waals surface area contributed by atoms with Gasteiger partial charge in [-0.25, -0.2) is 4.79 Å². The SMILES string of the molecule is N#Cc1cccc(N2CCN(Cc3cccc(C(=O)O)c3)CC2)c1. The minimum atomic E-state index is -0.890. The van der Waals surface area contributed by atoms with E-state index in [2.05, 4.69) is 15.9 Å². The Kier molecular flexibility index (Phi) is 4.78. The van der Waals surface area contributed by atoms with Gasteiger partial charge in [0.15, 0.2) is 0 Å². The Bertz CT molecular complexity index is 774. The van der Waals surface area contributed by atoms with Gasteiger partial charge in [0.05, 0.1) is 17.2 Å². The van der Waals surface area contributed by atoms with Crippen LogP contribution in [-0.4, -0.2) is 42.2 Å². The molecule has 0 spiro atoms. The van der Waals surface area contributed by atoms with Crippen LogP contribution in [0.25, 0.3) is 0 Å². The number of hydrogen-bond donors (Lipinski definition) is 1. The molecule has 0 bridgehead atoms. The quantitative estimate of drug-likeness (QED) is 0.937. The largest absolute Gasteiger partial charge is 0.478 e. The fraction of sp³-hybridized carbons (Fsp3) is 0.263. The summed E-state index contributed by atoms with van der Waals surface area (Å²) in [5, 5.41) is 18.1. The minimum Gasteiger partial charge on any atom is -0.478 e. The van der Waals surface area contributed by atoms with Crippen LogP contribution in [0.2, 0.25) is 0 Å². The Hall–Kier alpha value is -2.84. The van der Waals surface area contributed by atoms with E-state index >= 15 is 0 Å². The molecule has 1 heterocycles.